The van der Waals surface area contributed by atoms with Gasteiger partial charge >= 0.3 is 5.97 Å². The zero-order valence-electron chi connectivity index (χ0n) is 9.54. The van der Waals surface area contributed by atoms with E-state index in [0.29, 0.717) is 10.7 Å². The van der Waals surface area contributed by atoms with Gasteiger partial charge in [0.1, 0.15) is 0 Å². The molecule has 18 heavy (non-hydrogen) atoms. The van der Waals surface area contributed by atoms with Gasteiger partial charge in [-0.3, -0.25) is 4.79 Å². The number of ether oxygens (including phenoxy) is 1. The largest absolute Gasteiger partial charge is 0.449 e. The molecule has 7 heteroatoms. The third-order valence-electron chi connectivity index (χ3n) is 2.33. The van der Waals surface area contributed by atoms with Crippen LogP contribution in [-0.2, 0) is 9.53 Å². The summed E-state index contributed by atoms with van der Waals surface area (Å²) in [6.07, 6.45) is -0.959. The van der Waals surface area contributed by atoms with Crippen LogP contribution in [0.1, 0.15) is 17.3 Å². The van der Waals surface area contributed by atoms with Crippen LogP contribution >= 0.6 is 11.3 Å². The van der Waals surface area contributed by atoms with Crippen molar-refractivity contribution in [3.63, 3.8) is 0 Å². The lowest BCUT2D eigenvalue weighted by molar-refractivity contribution is -0.125. The molecule has 1 aromatic carbocycles. The number of anilines is 1. The zero-order valence-corrected chi connectivity index (χ0v) is 10.4. The van der Waals surface area contributed by atoms with Crippen LogP contribution in [0.2, 0.25) is 0 Å². The van der Waals surface area contributed by atoms with Gasteiger partial charge in [0, 0.05) is 0 Å². The standard InChI is InChI=1S/C11H11N3O3S/c1-5(9(12)15)17-10(16)6-2-3-7-8(4-6)18-11(13)14-7/h2-5H,1H3,(H2,12,15)(H2,13,14). The van der Waals surface area contributed by atoms with E-state index >= 15 is 0 Å². The second-order valence-corrected chi connectivity index (χ2v) is 4.75. The van der Waals surface area contributed by atoms with Gasteiger partial charge in [0.15, 0.2) is 11.2 Å². The Morgan fingerprint density at radius 2 is 2.17 bits per heavy atom. The quantitative estimate of drug-likeness (QED) is 0.802. The predicted molar refractivity (Wildman–Crippen MR) is 68.1 cm³/mol. The van der Waals surface area contributed by atoms with E-state index in [1.807, 2.05) is 0 Å². The van der Waals surface area contributed by atoms with Crippen LogP contribution in [0.5, 0.6) is 0 Å². The molecule has 1 atom stereocenters. The second-order valence-electron chi connectivity index (χ2n) is 3.68. The van der Waals surface area contributed by atoms with Crippen molar-refractivity contribution in [2.75, 3.05) is 5.73 Å². The van der Waals surface area contributed by atoms with Crippen LogP contribution in [0.4, 0.5) is 5.13 Å². The van der Waals surface area contributed by atoms with Gasteiger partial charge in [0.2, 0.25) is 0 Å². The van der Waals surface area contributed by atoms with Gasteiger partial charge in [-0.25, -0.2) is 9.78 Å². The summed E-state index contributed by atoms with van der Waals surface area (Å²) in [5.41, 5.74) is 11.6. The molecular formula is C11H11N3O3S. The number of benzene rings is 1. The molecule has 4 N–H and O–H groups in total. The summed E-state index contributed by atoms with van der Waals surface area (Å²) in [6.45, 7) is 1.42. The number of aromatic nitrogens is 1. The maximum absolute atomic E-state index is 11.7. The van der Waals surface area contributed by atoms with Crippen molar-refractivity contribution in [2.45, 2.75) is 13.0 Å². The monoisotopic (exact) mass is 265 g/mol. The van der Waals surface area contributed by atoms with Crippen molar-refractivity contribution in [2.24, 2.45) is 5.73 Å². The lowest BCUT2D eigenvalue weighted by Gasteiger charge is -2.09. The first kappa shape index (κ1) is 12.3. The molecule has 1 amide bonds. The van der Waals surface area contributed by atoms with Crippen molar-refractivity contribution in [3.05, 3.63) is 23.8 Å². The molecule has 0 aliphatic carbocycles. The fraction of sp³-hybridized carbons (Fsp3) is 0.182. The van der Waals surface area contributed by atoms with E-state index < -0.39 is 18.0 Å². The molecule has 2 aromatic rings. The van der Waals surface area contributed by atoms with Crippen LogP contribution in [0.25, 0.3) is 10.2 Å². The number of thiazole rings is 1. The Morgan fingerprint density at radius 3 is 2.83 bits per heavy atom. The Balaban J connectivity index is 2.25. The smallest absolute Gasteiger partial charge is 0.338 e. The summed E-state index contributed by atoms with van der Waals surface area (Å²) < 4.78 is 5.68. The molecule has 1 heterocycles. The van der Waals surface area contributed by atoms with E-state index in [1.54, 1.807) is 18.2 Å². The molecular weight excluding hydrogens is 254 g/mol. The number of nitrogens with zero attached hydrogens (tertiary/aromatic N) is 1. The average molecular weight is 265 g/mol. The highest BCUT2D eigenvalue weighted by Gasteiger charge is 2.16. The van der Waals surface area contributed by atoms with Gasteiger partial charge in [-0.05, 0) is 25.1 Å². The highest BCUT2D eigenvalue weighted by molar-refractivity contribution is 7.22. The molecule has 0 aliphatic heterocycles. The number of amides is 1. The van der Waals surface area contributed by atoms with E-state index in [9.17, 15) is 9.59 Å². The number of nitrogens with two attached hydrogens (primary N) is 2. The molecule has 0 bridgehead atoms. The molecule has 0 saturated heterocycles. The van der Waals surface area contributed by atoms with E-state index in [1.165, 1.54) is 18.3 Å². The lowest BCUT2D eigenvalue weighted by Crippen LogP contribution is -2.30. The van der Waals surface area contributed by atoms with Crippen molar-refractivity contribution >= 4 is 38.6 Å². The minimum Gasteiger partial charge on any atom is -0.449 e. The van der Waals surface area contributed by atoms with Gasteiger partial charge in [-0.15, -0.1) is 0 Å². The van der Waals surface area contributed by atoms with Crippen molar-refractivity contribution in [3.8, 4) is 0 Å². The van der Waals surface area contributed by atoms with Gasteiger partial charge in [-0.2, -0.15) is 0 Å². The molecule has 6 nitrogen and oxygen atoms in total. The summed E-state index contributed by atoms with van der Waals surface area (Å²) in [6, 6.07) is 4.87. The summed E-state index contributed by atoms with van der Waals surface area (Å²) >= 11 is 1.28. The molecule has 1 unspecified atom stereocenters. The van der Waals surface area contributed by atoms with E-state index in [-0.39, 0.29) is 0 Å². The minimum atomic E-state index is -0.959. The Labute approximate surface area is 107 Å². The number of hydrogen-bond acceptors (Lipinski definition) is 6. The van der Waals surface area contributed by atoms with Crippen LogP contribution in [0.15, 0.2) is 18.2 Å². The topological polar surface area (TPSA) is 108 Å². The normalized spacial score (nSPS) is 12.3. The number of rotatable bonds is 3. The number of primary amides is 1. The van der Waals surface area contributed by atoms with Crippen LogP contribution in [-0.4, -0.2) is 23.0 Å². The van der Waals surface area contributed by atoms with Crippen LogP contribution in [0.3, 0.4) is 0 Å². The van der Waals surface area contributed by atoms with E-state index in [4.69, 9.17) is 16.2 Å². The van der Waals surface area contributed by atoms with E-state index in [2.05, 4.69) is 4.98 Å². The Kier molecular flexibility index (Phi) is 3.15. The first-order valence-corrected chi connectivity index (χ1v) is 5.95. The SMILES string of the molecule is CC(OC(=O)c1ccc2nc(N)sc2c1)C(N)=O. The minimum absolute atomic E-state index is 0.333. The number of carbonyl (C=O) groups excluding carboxylic acids is 2. The second kappa shape index (κ2) is 4.61. The van der Waals surface area contributed by atoms with Gasteiger partial charge in [-0.1, -0.05) is 11.3 Å². The predicted octanol–water partition coefficient (Wildman–Crippen LogP) is 0.909. The van der Waals surface area contributed by atoms with Crippen LogP contribution < -0.4 is 11.5 Å². The zero-order chi connectivity index (χ0) is 13.3. The van der Waals surface area contributed by atoms with Gasteiger partial charge in [0.05, 0.1) is 15.8 Å². The van der Waals surface area contributed by atoms with Crippen LogP contribution in [0, 0.1) is 0 Å². The highest BCUT2D eigenvalue weighted by atomic mass is 32.1. The summed E-state index contributed by atoms with van der Waals surface area (Å²) in [5.74, 6) is -1.29. The fourth-order valence-corrected chi connectivity index (χ4v) is 2.13. The molecule has 0 spiro atoms. The van der Waals surface area contributed by atoms with Crippen molar-refractivity contribution < 1.29 is 14.3 Å². The molecule has 1 aromatic heterocycles. The number of esters is 1. The maximum Gasteiger partial charge on any atom is 0.338 e. The third-order valence-corrected chi connectivity index (χ3v) is 3.17. The number of fused-ring (bicyclic) bond motifs is 1. The Bertz CT molecular complexity index is 623. The number of carbonyl (C=O) groups is 2. The first-order chi connectivity index (χ1) is 8.47. The van der Waals surface area contributed by atoms with Gasteiger partial charge in [0.25, 0.3) is 5.91 Å². The van der Waals surface area contributed by atoms with Crippen molar-refractivity contribution in [1.29, 1.82) is 0 Å². The molecule has 94 valence electrons. The molecule has 0 fully saturated rings. The van der Waals surface area contributed by atoms with Gasteiger partial charge < -0.3 is 16.2 Å². The molecule has 0 aliphatic rings. The molecule has 0 radical (unpaired) electrons. The average Bonchev–Trinajstić information content (AvgIpc) is 2.67. The molecule has 0 saturated carbocycles. The fourth-order valence-electron chi connectivity index (χ4n) is 1.36. The van der Waals surface area contributed by atoms with E-state index in [0.717, 1.165) is 10.2 Å². The molecule has 2 rings (SSSR count). The Hall–Kier alpha value is -2.15. The van der Waals surface area contributed by atoms with Crippen molar-refractivity contribution in [1.82, 2.24) is 4.98 Å². The number of hydrogen-bond donors (Lipinski definition) is 2. The number of nitrogen functional groups attached to an aromatic ring is 1. The highest BCUT2D eigenvalue weighted by Crippen LogP contribution is 2.24. The third kappa shape index (κ3) is 2.40. The summed E-state index contributed by atoms with van der Waals surface area (Å²) in [7, 11) is 0. The Morgan fingerprint density at radius 1 is 1.44 bits per heavy atom. The summed E-state index contributed by atoms with van der Waals surface area (Å²) in [5, 5.41) is 0.432. The first-order valence-electron chi connectivity index (χ1n) is 5.13. The summed E-state index contributed by atoms with van der Waals surface area (Å²) in [4.78, 5) is 26.6. The lowest BCUT2D eigenvalue weighted by atomic mass is 10.2. The maximum atomic E-state index is 11.7.